The van der Waals surface area contributed by atoms with Crippen LogP contribution in [0.25, 0.3) is 0 Å². The summed E-state index contributed by atoms with van der Waals surface area (Å²) in [6.45, 7) is 2.74. The van der Waals surface area contributed by atoms with Crippen LogP contribution in [0.1, 0.15) is 30.4 Å². The Morgan fingerprint density at radius 3 is 2.52 bits per heavy atom. The Kier molecular flexibility index (Phi) is 8.45. The first-order valence-corrected chi connectivity index (χ1v) is 12.6. The van der Waals surface area contributed by atoms with E-state index in [2.05, 4.69) is 10.0 Å². The first kappa shape index (κ1) is 25.1. The number of nitrogens with one attached hydrogen (secondary N) is 2. The van der Waals surface area contributed by atoms with Gasteiger partial charge in [-0.2, -0.15) is 0 Å². The SMILES string of the molecule is Cc1ccc(CNC(=O)C2CCN(C(=O)CCNS(=O)(=O)c3ccccc3Cl)CC2)cc1F. The average Bonchev–Trinajstić information content (AvgIpc) is 2.79. The molecule has 0 bridgehead atoms. The summed E-state index contributed by atoms with van der Waals surface area (Å²) in [5, 5.41) is 2.95. The first-order chi connectivity index (χ1) is 15.7. The highest BCUT2D eigenvalue weighted by molar-refractivity contribution is 7.89. The molecule has 0 aliphatic carbocycles. The quantitative estimate of drug-likeness (QED) is 0.588. The molecular formula is C23H27ClFN3O4S. The van der Waals surface area contributed by atoms with Crippen LogP contribution in [0.5, 0.6) is 0 Å². The molecule has 0 radical (unpaired) electrons. The minimum absolute atomic E-state index is 0.0134. The zero-order chi connectivity index (χ0) is 24.0. The number of rotatable bonds is 8. The van der Waals surface area contributed by atoms with Gasteiger partial charge >= 0.3 is 0 Å². The number of benzene rings is 2. The summed E-state index contributed by atoms with van der Waals surface area (Å²) in [5.74, 6) is -0.813. The molecule has 0 aromatic heterocycles. The molecule has 0 saturated carbocycles. The summed E-state index contributed by atoms with van der Waals surface area (Å²) in [4.78, 5) is 26.5. The summed E-state index contributed by atoms with van der Waals surface area (Å²) in [5.41, 5.74) is 1.25. The van der Waals surface area contributed by atoms with E-state index in [0.717, 1.165) is 0 Å². The second kappa shape index (κ2) is 11.1. The lowest BCUT2D eigenvalue weighted by Gasteiger charge is -2.31. The van der Waals surface area contributed by atoms with Crippen LogP contribution in [0.4, 0.5) is 4.39 Å². The summed E-state index contributed by atoms with van der Waals surface area (Å²) < 4.78 is 40.7. The van der Waals surface area contributed by atoms with Gasteiger partial charge in [0.25, 0.3) is 0 Å². The highest BCUT2D eigenvalue weighted by Crippen LogP contribution is 2.21. The van der Waals surface area contributed by atoms with Crippen LogP contribution in [0, 0.1) is 18.7 Å². The summed E-state index contributed by atoms with van der Waals surface area (Å²) in [6.07, 6.45) is 1.05. The molecule has 0 atom stereocenters. The van der Waals surface area contributed by atoms with Crippen molar-refractivity contribution in [3.05, 3.63) is 64.4 Å². The van der Waals surface area contributed by atoms with Gasteiger partial charge in [0.1, 0.15) is 10.7 Å². The van der Waals surface area contributed by atoms with Crippen molar-refractivity contribution in [1.82, 2.24) is 14.9 Å². The van der Waals surface area contributed by atoms with E-state index in [9.17, 15) is 22.4 Å². The number of hydrogen-bond acceptors (Lipinski definition) is 4. The van der Waals surface area contributed by atoms with E-state index >= 15 is 0 Å². The van der Waals surface area contributed by atoms with Crippen molar-refractivity contribution in [2.75, 3.05) is 19.6 Å². The van der Waals surface area contributed by atoms with Gasteiger partial charge in [0, 0.05) is 38.5 Å². The number of halogens is 2. The van der Waals surface area contributed by atoms with Gasteiger partial charge in [0.05, 0.1) is 5.02 Å². The Hall–Kier alpha value is -2.49. The molecule has 2 aromatic carbocycles. The van der Waals surface area contributed by atoms with Crippen LogP contribution in [0.3, 0.4) is 0 Å². The van der Waals surface area contributed by atoms with Crippen LogP contribution < -0.4 is 10.0 Å². The first-order valence-electron chi connectivity index (χ1n) is 10.7. The molecule has 2 N–H and O–H groups in total. The third-order valence-electron chi connectivity index (χ3n) is 5.68. The van der Waals surface area contributed by atoms with Gasteiger partial charge < -0.3 is 10.2 Å². The van der Waals surface area contributed by atoms with Crippen LogP contribution in [-0.2, 0) is 26.2 Å². The van der Waals surface area contributed by atoms with Crippen molar-refractivity contribution in [2.45, 2.75) is 37.6 Å². The lowest BCUT2D eigenvalue weighted by atomic mass is 9.95. The van der Waals surface area contributed by atoms with Gasteiger partial charge in [-0.25, -0.2) is 17.5 Å². The molecule has 10 heteroatoms. The fraction of sp³-hybridized carbons (Fsp3) is 0.391. The molecule has 1 saturated heterocycles. The maximum absolute atomic E-state index is 13.6. The lowest BCUT2D eigenvalue weighted by molar-refractivity contribution is -0.135. The summed E-state index contributed by atoms with van der Waals surface area (Å²) in [7, 11) is -3.80. The average molecular weight is 496 g/mol. The Labute approximate surface area is 198 Å². The lowest BCUT2D eigenvalue weighted by Crippen LogP contribution is -2.43. The molecule has 7 nitrogen and oxygen atoms in total. The Morgan fingerprint density at radius 1 is 1.15 bits per heavy atom. The van der Waals surface area contributed by atoms with Gasteiger partial charge in [0.2, 0.25) is 21.8 Å². The van der Waals surface area contributed by atoms with Gasteiger partial charge in [-0.15, -0.1) is 0 Å². The fourth-order valence-corrected chi connectivity index (χ4v) is 5.21. The maximum atomic E-state index is 13.6. The van der Waals surface area contributed by atoms with E-state index in [1.54, 1.807) is 36.1 Å². The standard InChI is InChI=1S/C23H27ClFN3O4S/c1-16-6-7-17(14-20(16)25)15-26-23(30)18-9-12-28(13-10-18)22(29)8-11-27-33(31,32)21-5-3-2-4-19(21)24/h2-7,14,18,27H,8-13,15H2,1H3,(H,26,30). The third kappa shape index (κ3) is 6.75. The number of carbonyl (C=O) groups is 2. The Morgan fingerprint density at radius 2 is 1.85 bits per heavy atom. The summed E-state index contributed by atoms with van der Waals surface area (Å²) >= 11 is 5.94. The smallest absolute Gasteiger partial charge is 0.242 e. The Balaban J connectivity index is 1.41. The number of piperidine rings is 1. The zero-order valence-corrected chi connectivity index (χ0v) is 19.9. The van der Waals surface area contributed by atoms with Crippen molar-refractivity contribution < 1.29 is 22.4 Å². The largest absolute Gasteiger partial charge is 0.352 e. The molecule has 2 aromatic rings. The molecule has 0 unspecified atom stereocenters. The molecule has 1 aliphatic heterocycles. The highest BCUT2D eigenvalue weighted by Gasteiger charge is 2.27. The van der Waals surface area contributed by atoms with Gasteiger partial charge in [-0.05, 0) is 49.1 Å². The van der Waals surface area contributed by atoms with E-state index in [1.807, 2.05) is 0 Å². The topological polar surface area (TPSA) is 95.6 Å². The predicted molar refractivity (Wildman–Crippen MR) is 124 cm³/mol. The van der Waals surface area contributed by atoms with E-state index in [0.29, 0.717) is 37.1 Å². The van der Waals surface area contributed by atoms with Crippen molar-refractivity contribution in [2.24, 2.45) is 5.92 Å². The van der Waals surface area contributed by atoms with Crippen LogP contribution in [0.15, 0.2) is 47.4 Å². The fourth-order valence-electron chi connectivity index (χ4n) is 3.66. The minimum Gasteiger partial charge on any atom is -0.352 e. The minimum atomic E-state index is -3.80. The summed E-state index contributed by atoms with van der Waals surface area (Å²) in [6, 6.07) is 11.0. The number of amides is 2. The number of likely N-dealkylation sites (tertiary alicyclic amines) is 1. The van der Waals surface area contributed by atoms with Crippen LogP contribution >= 0.6 is 11.6 Å². The molecule has 1 heterocycles. The predicted octanol–water partition coefficient (Wildman–Crippen LogP) is 3.01. The number of hydrogen-bond donors (Lipinski definition) is 2. The van der Waals surface area contributed by atoms with Crippen LogP contribution in [0.2, 0.25) is 5.02 Å². The van der Waals surface area contributed by atoms with E-state index in [-0.39, 0.29) is 53.0 Å². The molecule has 3 rings (SSSR count). The Bertz CT molecular complexity index is 1120. The highest BCUT2D eigenvalue weighted by atomic mass is 35.5. The molecule has 1 aliphatic rings. The molecule has 33 heavy (non-hydrogen) atoms. The van der Waals surface area contributed by atoms with E-state index in [4.69, 9.17) is 11.6 Å². The van der Waals surface area contributed by atoms with Crippen LogP contribution in [-0.4, -0.2) is 44.8 Å². The molecule has 2 amide bonds. The van der Waals surface area contributed by atoms with E-state index in [1.165, 1.54) is 18.2 Å². The molecule has 1 fully saturated rings. The third-order valence-corrected chi connectivity index (χ3v) is 7.64. The maximum Gasteiger partial charge on any atom is 0.242 e. The van der Waals surface area contributed by atoms with Crippen molar-refractivity contribution in [3.63, 3.8) is 0 Å². The second-order valence-electron chi connectivity index (χ2n) is 8.03. The number of aryl methyl sites for hydroxylation is 1. The normalized spacial score (nSPS) is 14.8. The molecular weight excluding hydrogens is 469 g/mol. The molecule has 178 valence electrons. The van der Waals surface area contributed by atoms with Crippen molar-refractivity contribution in [3.8, 4) is 0 Å². The number of sulfonamides is 1. The second-order valence-corrected chi connectivity index (χ2v) is 10.2. The van der Waals surface area contributed by atoms with Gasteiger partial charge in [-0.3, -0.25) is 9.59 Å². The van der Waals surface area contributed by atoms with Gasteiger partial charge in [-0.1, -0.05) is 35.9 Å². The zero-order valence-electron chi connectivity index (χ0n) is 18.3. The van der Waals surface area contributed by atoms with Crippen molar-refractivity contribution >= 4 is 33.4 Å². The van der Waals surface area contributed by atoms with Gasteiger partial charge in [0.15, 0.2) is 0 Å². The number of carbonyl (C=O) groups excluding carboxylic acids is 2. The number of nitrogens with zero attached hydrogens (tertiary/aromatic N) is 1. The molecule has 0 spiro atoms. The monoisotopic (exact) mass is 495 g/mol. The van der Waals surface area contributed by atoms with E-state index < -0.39 is 10.0 Å². The van der Waals surface area contributed by atoms with Crippen molar-refractivity contribution in [1.29, 1.82) is 0 Å².